The number of Topliss-reactive ketones (excluding diaryl/α,β-unsaturated/α-hetero) is 1. The summed E-state index contributed by atoms with van der Waals surface area (Å²) in [7, 11) is 1.67. The van der Waals surface area contributed by atoms with Gasteiger partial charge in [0.15, 0.2) is 40.2 Å². The van der Waals surface area contributed by atoms with Gasteiger partial charge < -0.3 is 86.9 Å². The first kappa shape index (κ1) is 91.1. The number of nitrogens with two attached hydrogens (primary N) is 3. The van der Waals surface area contributed by atoms with Crippen LogP contribution in [0.4, 0.5) is 17.5 Å². The predicted molar refractivity (Wildman–Crippen MR) is 432 cm³/mol. The highest BCUT2D eigenvalue weighted by molar-refractivity contribution is 7.96. The van der Waals surface area contributed by atoms with Gasteiger partial charge in [0.05, 0.1) is 51.7 Å². The summed E-state index contributed by atoms with van der Waals surface area (Å²) in [6, 6.07) is 0. The SMILES string of the molecule is CCC(=O)CN(CCNC(=O)CN(CCNC(=O)CN(CCNSNC(=O)CN(CCNC(=O)CN(CCNC(=O)CN(CCNC)C(=O)Cn1cnc2c(N)ncnc21)C(=O)Cn1cnc2c(N)ncnc21)C(=O)Cn1cnc2c(N)ncnc21)C(=O)Cn1cc(C)c(=O)[nH]c1=O)C(=O)Cn1cc(C)c(=O)[nH]c1=O)C(=O)Cn1cc(C)c(=O)[nH]c1=O. The Labute approximate surface area is 692 Å². The first-order valence-corrected chi connectivity index (χ1v) is 38.3. The average molecular weight is 1720 g/mol. The molecule has 9 rings (SSSR count). The molecule has 0 radical (unpaired) electrons. The molecule has 0 unspecified atom stereocenters. The molecule has 0 aliphatic heterocycles. The summed E-state index contributed by atoms with van der Waals surface area (Å²) < 4.78 is 12.2. The molecule has 0 fully saturated rings. The Morgan fingerprint density at radius 3 is 0.934 bits per heavy atom. The molecule has 52 nitrogen and oxygen atoms in total. The Morgan fingerprint density at radius 1 is 0.369 bits per heavy atom. The molecule has 122 heavy (non-hydrogen) atoms. The molecule has 650 valence electrons. The van der Waals surface area contributed by atoms with E-state index in [0.29, 0.717) is 24.3 Å². The number of hydrogen-bond acceptors (Lipinski definition) is 33. The standard InChI is InChI=1S/C69H90N34O18S/c1-6-43(104)22-92(49(110)28-98-19-40(2)64(116)88-67(98)119)14-8-74-45(106)24-94(50(111)29-99-20-41(3)65(117)89-68(99)120)15-9-76-47(108)26-97(51(112)30-100-21-42(4)66(118)90-69(100)121)18-12-87-122-91-48(109)27-96(54(115)33-103-39-86-57-60(72)80-36-83-63(57)103)17-11-77-46(107)25-95(53(114)32-102-38-85-56-59(71)79-35-82-62(56)102)16-10-75-44(105)23-93(13-7-73-5)52(113)31-101-37-84-55-58(70)78-34-81-61(55)101/h19-21,34-39,73,87H,6-18,22-33H2,1-5H3,(H,74,106)(H,75,105)(H,76,108)(H,77,107)(H,91,109)(H2,70,78,81)(H2,71,79,82)(H2,72,80,83)(H,88,116,119)(H,89,117,120)(H,90,118,121). The van der Waals surface area contributed by atoms with Gasteiger partial charge in [-0.1, -0.05) is 6.92 Å². The van der Waals surface area contributed by atoms with Crippen LogP contribution in [-0.2, 0) is 96.8 Å². The lowest BCUT2D eigenvalue weighted by Crippen LogP contribution is -2.49. The van der Waals surface area contributed by atoms with Gasteiger partial charge in [-0.3, -0.25) is 105 Å². The van der Waals surface area contributed by atoms with Gasteiger partial charge in [0, 0.05) is 132 Å². The van der Waals surface area contributed by atoms with E-state index in [1.54, 1.807) is 14.0 Å². The number of H-pyrrole nitrogens is 3. The Bertz CT molecular complexity index is 5790. The summed E-state index contributed by atoms with van der Waals surface area (Å²) in [5.74, 6) is -8.33. The third-order valence-electron chi connectivity index (χ3n) is 18.4. The zero-order valence-electron chi connectivity index (χ0n) is 66.8. The number of ketones is 1. The fraction of sp³-hybridized carbons (Fsp3) is 0.435. The first-order chi connectivity index (χ1) is 58.3. The van der Waals surface area contributed by atoms with Crippen molar-refractivity contribution in [2.75, 3.05) is 142 Å². The van der Waals surface area contributed by atoms with Crippen molar-refractivity contribution in [2.45, 2.75) is 73.4 Å². The molecular weight excluding hydrogens is 1630 g/mol. The topological polar surface area (TPSA) is 682 Å². The van der Waals surface area contributed by atoms with E-state index in [0.717, 1.165) is 56.9 Å². The van der Waals surface area contributed by atoms with Gasteiger partial charge in [-0.15, -0.1) is 0 Å². The third-order valence-corrected chi connectivity index (χ3v) is 19.1. The number of carbonyl (C=O) groups is 12. The highest BCUT2D eigenvalue weighted by atomic mass is 32.2. The molecule has 9 aromatic heterocycles. The number of rotatable bonds is 45. The largest absolute Gasteiger partial charge is 0.382 e. The van der Waals surface area contributed by atoms with Crippen molar-refractivity contribution in [1.82, 2.24) is 153 Å². The number of nitrogen functional groups attached to an aromatic ring is 3. The second-order valence-electron chi connectivity index (χ2n) is 27.3. The molecule has 0 aliphatic carbocycles. The number of anilines is 3. The molecule has 9 heterocycles. The van der Waals surface area contributed by atoms with E-state index in [9.17, 15) is 86.3 Å². The van der Waals surface area contributed by atoms with Gasteiger partial charge in [-0.05, 0) is 27.8 Å². The molecule has 11 amide bonds. The average Bonchev–Trinajstić information content (AvgIpc) is 1.61. The number of likely N-dealkylation sites (N-methyl/N-ethyl adjacent to an activating group) is 1. The molecule has 0 aliphatic rings. The Kier molecular flexibility index (Phi) is 32.2. The highest BCUT2D eigenvalue weighted by Crippen LogP contribution is 2.18. The second-order valence-corrected chi connectivity index (χ2v) is 28.0. The lowest BCUT2D eigenvalue weighted by atomic mass is 10.2. The Hall–Kier alpha value is -14.8. The minimum atomic E-state index is -0.967. The smallest absolute Gasteiger partial charge is 0.328 e. The van der Waals surface area contributed by atoms with Crippen LogP contribution >= 0.6 is 12.1 Å². The van der Waals surface area contributed by atoms with Gasteiger partial charge in [0.25, 0.3) is 16.7 Å². The van der Waals surface area contributed by atoms with Crippen LogP contribution in [0.15, 0.2) is 85.3 Å². The minimum absolute atomic E-state index is 0.00946. The van der Waals surface area contributed by atoms with Crippen LogP contribution in [0.2, 0.25) is 0 Å². The molecule has 0 saturated heterocycles. The third kappa shape index (κ3) is 25.4. The molecule has 53 heteroatoms. The van der Waals surface area contributed by atoms with Crippen molar-refractivity contribution >= 4 is 134 Å². The van der Waals surface area contributed by atoms with E-state index in [1.165, 1.54) is 77.2 Å². The first-order valence-electron chi connectivity index (χ1n) is 37.5. The van der Waals surface area contributed by atoms with Crippen molar-refractivity contribution in [3.63, 3.8) is 0 Å². The quantitative estimate of drug-likeness (QED) is 0.0124. The van der Waals surface area contributed by atoms with Crippen LogP contribution in [0.3, 0.4) is 0 Å². The van der Waals surface area contributed by atoms with Crippen molar-refractivity contribution < 1.29 is 57.5 Å². The summed E-state index contributed by atoms with van der Waals surface area (Å²) >= 11 is 0.592. The van der Waals surface area contributed by atoms with Crippen LogP contribution in [0.1, 0.15) is 30.0 Å². The monoisotopic (exact) mass is 1710 g/mol. The predicted octanol–water partition coefficient (Wildman–Crippen LogP) is -10.3. The van der Waals surface area contributed by atoms with Crippen LogP contribution in [0, 0.1) is 20.8 Å². The van der Waals surface area contributed by atoms with Gasteiger partial charge in [-0.25, -0.2) is 64.0 Å². The summed E-state index contributed by atoms with van der Waals surface area (Å²) in [6.45, 7) is -3.68. The number of aromatic nitrogens is 18. The van der Waals surface area contributed by atoms with Gasteiger partial charge >= 0.3 is 17.1 Å². The molecule has 0 atom stereocenters. The molecular formula is C69H90N34O18S. The number of imidazole rings is 3. The summed E-state index contributed by atoms with van der Waals surface area (Å²) in [5.41, 5.74) is 14.6. The summed E-state index contributed by atoms with van der Waals surface area (Å²) in [5, 5.41) is 13.4. The number of aryl methyl sites for hydroxylation is 3. The second kappa shape index (κ2) is 43.1. The number of nitrogens with zero attached hydrogens (tertiary/aromatic N) is 21. The van der Waals surface area contributed by atoms with Crippen LogP contribution in [0.5, 0.6) is 0 Å². The number of carbonyl (C=O) groups excluding carboxylic acids is 12. The van der Waals surface area contributed by atoms with E-state index in [-0.39, 0.29) is 140 Å². The lowest BCUT2D eigenvalue weighted by Gasteiger charge is -2.25. The fourth-order valence-corrected chi connectivity index (χ4v) is 12.3. The molecule has 0 bridgehead atoms. The van der Waals surface area contributed by atoms with E-state index in [2.05, 4.69) is 95.8 Å². The van der Waals surface area contributed by atoms with Gasteiger partial charge in [0.1, 0.15) is 81.3 Å². The highest BCUT2D eigenvalue weighted by Gasteiger charge is 2.28. The van der Waals surface area contributed by atoms with Crippen molar-refractivity contribution in [1.29, 1.82) is 0 Å². The van der Waals surface area contributed by atoms with Crippen molar-refractivity contribution in [2.24, 2.45) is 0 Å². The zero-order chi connectivity index (χ0) is 88.4. The molecule has 0 aromatic carbocycles. The van der Waals surface area contributed by atoms with Crippen LogP contribution in [0.25, 0.3) is 33.5 Å². The Balaban J connectivity index is 0.830. The zero-order valence-corrected chi connectivity index (χ0v) is 67.6. The van der Waals surface area contributed by atoms with E-state index in [1.807, 2.05) is 0 Å². The number of fused-ring (bicyclic) bond motifs is 3. The number of aromatic amines is 3. The van der Waals surface area contributed by atoms with Crippen molar-refractivity contribution in [3.05, 3.63) is 136 Å². The molecule has 0 saturated carbocycles. The summed E-state index contributed by atoms with van der Waals surface area (Å²) in [4.78, 5) is 290. The van der Waals surface area contributed by atoms with Crippen LogP contribution in [-0.4, -0.2) is 312 Å². The molecule has 16 N–H and O–H groups in total. The normalized spacial score (nSPS) is 11.1. The van der Waals surface area contributed by atoms with E-state index in [4.69, 9.17) is 17.2 Å². The number of amides is 11. The van der Waals surface area contributed by atoms with Gasteiger partial charge in [0.2, 0.25) is 65.0 Å². The van der Waals surface area contributed by atoms with Gasteiger partial charge in [-0.2, -0.15) is 0 Å². The van der Waals surface area contributed by atoms with E-state index >= 15 is 0 Å². The Morgan fingerprint density at radius 2 is 0.639 bits per heavy atom. The maximum atomic E-state index is 14.3. The lowest BCUT2D eigenvalue weighted by molar-refractivity contribution is -0.138. The van der Waals surface area contributed by atoms with Crippen molar-refractivity contribution in [3.8, 4) is 0 Å². The fourth-order valence-electron chi connectivity index (χ4n) is 11.8. The van der Waals surface area contributed by atoms with E-state index < -0.39 is 184 Å². The summed E-state index contributed by atoms with van der Waals surface area (Å²) in [6.07, 6.45) is 10.9. The maximum Gasteiger partial charge on any atom is 0.328 e. The minimum Gasteiger partial charge on any atom is -0.382 e. The van der Waals surface area contributed by atoms with Crippen LogP contribution < -0.4 is 87.0 Å². The molecule has 0 spiro atoms. The maximum absolute atomic E-state index is 14.3. The number of nitrogens with one attached hydrogen (secondary N) is 10. The molecule has 9 aromatic rings. The number of hydrogen-bond donors (Lipinski definition) is 13.